The highest BCUT2D eigenvalue weighted by atomic mass is 35.6. The van der Waals surface area contributed by atoms with Gasteiger partial charge in [-0.1, -0.05) is 69.6 Å². The van der Waals surface area contributed by atoms with Crippen molar-refractivity contribution in [1.29, 1.82) is 0 Å². The first-order valence-corrected chi connectivity index (χ1v) is 8.97. The summed E-state index contributed by atoms with van der Waals surface area (Å²) in [5.41, 5.74) is 1.60. The van der Waals surface area contributed by atoms with Gasteiger partial charge in [0.05, 0.1) is 13.2 Å². The maximum Gasteiger partial charge on any atom is 0.334 e. The minimum Gasteiger partial charge on any atom is -0.458 e. The Morgan fingerprint density at radius 3 is 2.00 bits per heavy atom. The van der Waals surface area contributed by atoms with E-state index in [9.17, 15) is 4.79 Å². The minimum atomic E-state index is -1.57. The molecule has 4 nitrogen and oxygen atoms in total. The van der Waals surface area contributed by atoms with Crippen molar-refractivity contribution in [2.75, 3.05) is 19.8 Å². The second-order valence-corrected chi connectivity index (χ2v) is 10.0. The van der Waals surface area contributed by atoms with Crippen LogP contribution in [0.1, 0.15) is 26.2 Å². The van der Waals surface area contributed by atoms with Gasteiger partial charge in [0.15, 0.2) is 6.29 Å². The van der Waals surface area contributed by atoms with Crippen molar-refractivity contribution in [2.45, 2.75) is 40.1 Å². The van der Waals surface area contributed by atoms with Gasteiger partial charge in [-0.2, -0.15) is 0 Å². The van der Waals surface area contributed by atoms with Crippen molar-refractivity contribution < 1.29 is 19.0 Å². The predicted octanol–water partition coefficient (Wildman–Crippen LogP) is 5.13. The summed E-state index contributed by atoms with van der Waals surface area (Å²) in [6.07, 6.45) is 0.854. The van der Waals surface area contributed by atoms with E-state index in [-0.39, 0.29) is 19.2 Å². The van der Waals surface area contributed by atoms with Gasteiger partial charge in [0.2, 0.25) is 7.59 Å². The zero-order chi connectivity index (χ0) is 17.7. The van der Waals surface area contributed by atoms with Gasteiger partial charge in [-0.25, -0.2) is 4.79 Å². The van der Waals surface area contributed by atoms with Crippen molar-refractivity contribution in [3.05, 3.63) is 11.1 Å². The van der Waals surface area contributed by atoms with E-state index >= 15 is 0 Å². The zero-order valence-electron chi connectivity index (χ0n) is 12.2. The molecule has 0 unspecified atom stereocenters. The van der Waals surface area contributed by atoms with Crippen LogP contribution in [0.2, 0.25) is 0 Å². The number of carbonyl (C=O) groups is 1. The molecule has 0 aromatic carbocycles. The number of esters is 1. The minimum absolute atomic E-state index is 0.175. The third-order valence-corrected chi connectivity index (χ3v) is 3.57. The van der Waals surface area contributed by atoms with Gasteiger partial charge in [-0.15, -0.1) is 0 Å². The van der Waals surface area contributed by atoms with Crippen LogP contribution in [0.5, 0.6) is 0 Å². The fourth-order valence-corrected chi connectivity index (χ4v) is 2.25. The second kappa shape index (κ2) is 9.54. The molecule has 1 rings (SSSR count). The molecular formula is C13H16Cl6O4. The van der Waals surface area contributed by atoms with E-state index in [1.54, 1.807) is 0 Å². The van der Waals surface area contributed by atoms with E-state index in [4.69, 9.17) is 83.8 Å². The summed E-state index contributed by atoms with van der Waals surface area (Å²) in [4.78, 5) is 11.5. The fraction of sp³-hybridized carbons (Fsp3) is 0.769. The summed E-state index contributed by atoms with van der Waals surface area (Å²) in [6, 6.07) is 0. The Kier molecular flexibility index (Phi) is 9.08. The number of carbonyl (C=O) groups excluding carboxylic acids is 1. The van der Waals surface area contributed by atoms with Gasteiger partial charge in [0.1, 0.15) is 6.61 Å². The molecule has 10 heteroatoms. The SMILES string of the molecule is CC1=C(CCCC(OCC(Cl)(Cl)Cl)OCC(Cl)(Cl)Cl)C(=O)OC1. The lowest BCUT2D eigenvalue weighted by molar-refractivity contribution is -0.144. The highest BCUT2D eigenvalue weighted by Crippen LogP contribution is 2.30. The van der Waals surface area contributed by atoms with Crippen molar-refractivity contribution in [1.82, 2.24) is 0 Å². The zero-order valence-corrected chi connectivity index (χ0v) is 16.8. The first-order valence-electron chi connectivity index (χ1n) is 6.70. The molecule has 0 N–H and O–H groups in total. The van der Waals surface area contributed by atoms with Crippen LogP contribution in [0.3, 0.4) is 0 Å². The van der Waals surface area contributed by atoms with Crippen LogP contribution in [0.4, 0.5) is 0 Å². The van der Waals surface area contributed by atoms with Crippen LogP contribution in [0.25, 0.3) is 0 Å². The molecule has 23 heavy (non-hydrogen) atoms. The normalized spacial score (nSPS) is 16.4. The molecule has 1 aliphatic heterocycles. The molecule has 1 heterocycles. The Labute approximate surface area is 165 Å². The number of ether oxygens (including phenoxy) is 3. The summed E-state index contributed by atoms with van der Waals surface area (Å²) < 4.78 is 12.6. The third-order valence-electron chi connectivity index (χ3n) is 2.91. The maximum absolute atomic E-state index is 11.5. The quantitative estimate of drug-likeness (QED) is 0.293. The molecule has 0 fully saturated rings. The van der Waals surface area contributed by atoms with Gasteiger partial charge in [0.25, 0.3) is 0 Å². The standard InChI is InChI=1S/C13H16Cl6O4/c1-8-5-21-11(20)9(8)3-2-4-10(22-6-12(14,15)16)23-7-13(17,18)19/h10H,2-7H2,1H3. The first kappa shape index (κ1) is 21.9. The Hall–Kier alpha value is 0.870. The second-order valence-electron chi connectivity index (χ2n) is 5.01. The number of hydrogen-bond acceptors (Lipinski definition) is 4. The molecule has 0 aliphatic carbocycles. The van der Waals surface area contributed by atoms with Gasteiger partial charge in [-0.3, -0.25) is 0 Å². The van der Waals surface area contributed by atoms with Crippen LogP contribution in [0, 0.1) is 0 Å². The molecule has 1 aliphatic rings. The molecule has 134 valence electrons. The van der Waals surface area contributed by atoms with E-state index in [1.807, 2.05) is 6.92 Å². The molecule has 0 saturated carbocycles. The number of cyclic esters (lactones) is 1. The van der Waals surface area contributed by atoms with Crippen LogP contribution in [0.15, 0.2) is 11.1 Å². The van der Waals surface area contributed by atoms with E-state index in [1.165, 1.54) is 0 Å². The highest BCUT2D eigenvalue weighted by molar-refractivity contribution is 6.68. The van der Waals surface area contributed by atoms with Gasteiger partial charge in [-0.05, 0) is 31.8 Å². The molecule has 0 aromatic rings. The summed E-state index contributed by atoms with van der Waals surface area (Å²) in [6.45, 7) is 1.85. The Bertz CT molecular complexity index is 423. The topological polar surface area (TPSA) is 44.8 Å². The Balaban J connectivity index is 2.48. The van der Waals surface area contributed by atoms with Crippen LogP contribution >= 0.6 is 69.6 Å². The number of hydrogen-bond donors (Lipinski definition) is 0. The summed E-state index contributed by atoms with van der Waals surface area (Å²) >= 11 is 33.9. The Morgan fingerprint density at radius 2 is 1.61 bits per heavy atom. The lowest BCUT2D eigenvalue weighted by Crippen LogP contribution is -2.27. The maximum atomic E-state index is 11.5. The van der Waals surface area contributed by atoms with Gasteiger partial charge >= 0.3 is 5.97 Å². The third kappa shape index (κ3) is 9.81. The van der Waals surface area contributed by atoms with Crippen molar-refractivity contribution >= 4 is 75.6 Å². The van der Waals surface area contributed by atoms with Crippen molar-refractivity contribution in [2.24, 2.45) is 0 Å². The lowest BCUT2D eigenvalue weighted by atomic mass is 10.1. The number of halogens is 6. The van der Waals surface area contributed by atoms with Crippen LogP contribution in [-0.4, -0.2) is 39.7 Å². The highest BCUT2D eigenvalue weighted by Gasteiger charge is 2.27. The van der Waals surface area contributed by atoms with Crippen LogP contribution < -0.4 is 0 Å². The summed E-state index contributed by atoms with van der Waals surface area (Å²) in [5, 5.41) is 0. The lowest BCUT2D eigenvalue weighted by Gasteiger charge is -2.23. The average molecular weight is 449 g/mol. The number of alkyl halides is 6. The first-order chi connectivity index (χ1) is 10.5. The van der Waals surface area contributed by atoms with Crippen LogP contribution in [-0.2, 0) is 19.0 Å². The average Bonchev–Trinajstić information content (AvgIpc) is 2.70. The van der Waals surface area contributed by atoms with Crippen molar-refractivity contribution in [3.8, 4) is 0 Å². The van der Waals surface area contributed by atoms with E-state index in [0.29, 0.717) is 31.4 Å². The molecule has 0 saturated heterocycles. The molecule has 0 spiro atoms. The van der Waals surface area contributed by atoms with E-state index in [0.717, 1.165) is 5.57 Å². The largest absolute Gasteiger partial charge is 0.458 e. The fourth-order valence-electron chi connectivity index (χ4n) is 1.87. The smallest absolute Gasteiger partial charge is 0.334 e. The molecule has 0 radical (unpaired) electrons. The van der Waals surface area contributed by atoms with Crippen molar-refractivity contribution in [3.63, 3.8) is 0 Å². The summed E-state index contributed by atoms with van der Waals surface area (Å²) in [5.74, 6) is -0.288. The molecule has 0 amide bonds. The predicted molar refractivity (Wildman–Crippen MR) is 93.8 cm³/mol. The van der Waals surface area contributed by atoms with Gasteiger partial charge < -0.3 is 14.2 Å². The molecule has 0 atom stereocenters. The molecule has 0 aromatic heterocycles. The Morgan fingerprint density at radius 1 is 1.09 bits per heavy atom. The van der Waals surface area contributed by atoms with Gasteiger partial charge in [0, 0.05) is 5.57 Å². The van der Waals surface area contributed by atoms with E-state index in [2.05, 4.69) is 0 Å². The number of rotatable bonds is 8. The van der Waals surface area contributed by atoms with E-state index < -0.39 is 13.9 Å². The monoisotopic (exact) mass is 446 g/mol. The molecular weight excluding hydrogens is 433 g/mol. The summed E-state index contributed by atoms with van der Waals surface area (Å²) in [7, 11) is 0. The molecule has 0 bridgehead atoms.